The molecule has 1 unspecified atom stereocenters. The quantitative estimate of drug-likeness (QED) is 0.942. The minimum Gasteiger partial charge on any atom is -0.388 e. The highest BCUT2D eigenvalue weighted by Crippen LogP contribution is 2.21. The topological polar surface area (TPSA) is 33.1 Å². The van der Waals surface area contributed by atoms with Crippen molar-refractivity contribution < 1.29 is 13.9 Å². The fourth-order valence-electron chi connectivity index (χ4n) is 1.68. The van der Waals surface area contributed by atoms with Crippen LogP contribution in [0.2, 0.25) is 0 Å². The van der Waals surface area contributed by atoms with Crippen molar-refractivity contribution in [1.29, 1.82) is 0 Å². The molecule has 1 N–H and O–H groups in total. The Morgan fingerprint density at radius 3 is 2.56 bits per heavy atom. The zero-order valence-corrected chi connectivity index (χ0v) is 10.9. The fourth-order valence-corrected chi connectivity index (χ4v) is 2.19. The number of pyridine rings is 1. The van der Waals surface area contributed by atoms with Gasteiger partial charge in [-0.05, 0) is 29.8 Å². The Hall–Kier alpha value is -1.33. The summed E-state index contributed by atoms with van der Waals surface area (Å²) in [6, 6.07) is 5.59. The van der Waals surface area contributed by atoms with Gasteiger partial charge < -0.3 is 5.11 Å². The van der Waals surface area contributed by atoms with Gasteiger partial charge in [-0.3, -0.25) is 4.98 Å². The van der Waals surface area contributed by atoms with E-state index in [2.05, 4.69) is 20.9 Å². The Balaban J connectivity index is 2.18. The number of halogens is 3. The number of aliphatic hydroxyl groups is 1. The zero-order valence-electron chi connectivity index (χ0n) is 9.28. The molecule has 0 aliphatic carbocycles. The molecule has 0 aliphatic rings. The van der Waals surface area contributed by atoms with Crippen LogP contribution in [0.15, 0.2) is 41.1 Å². The molecule has 0 amide bonds. The molecular formula is C13H10BrF2NO. The number of rotatable bonds is 3. The lowest BCUT2D eigenvalue weighted by Gasteiger charge is -2.11. The van der Waals surface area contributed by atoms with Crippen molar-refractivity contribution in [3.05, 3.63) is 63.9 Å². The molecule has 2 aromatic rings. The number of benzene rings is 1. The van der Waals surface area contributed by atoms with Gasteiger partial charge in [0.05, 0.1) is 12.3 Å². The molecule has 5 heteroatoms. The smallest absolute Gasteiger partial charge is 0.141 e. The predicted molar refractivity (Wildman–Crippen MR) is 67.0 cm³/mol. The number of hydrogen-bond acceptors (Lipinski definition) is 2. The summed E-state index contributed by atoms with van der Waals surface area (Å²) in [6.07, 6.45) is 1.74. The molecule has 1 aromatic heterocycles. The van der Waals surface area contributed by atoms with Gasteiger partial charge in [0.25, 0.3) is 0 Å². The van der Waals surface area contributed by atoms with Crippen molar-refractivity contribution in [2.75, 3.05) is 0 Å². The highest BCUT2D eigenvalue weighted by Gasteiger charge is 2.11. The number of aromatic nitrogens is 1. The molecule has 0 spiro atoms. The molecule has 2 nitrogen and oxygen atoms in total. The van der Waals surface area contributed by atoms with Crippen LogP contribution in [0.25, 0.3) is 0 Å². The minimum atomic E-state index is -0.915. The molecule has 1 heterocycles. The lowest BCUT2D eigenvalue weighted by molar-refractivity contribution is 0.177. The Morgan fingerprint density at radius 2 is 1.89 bits per heavy atom. The van der Waals surface area contributed by atoms with Crippen LogP contribution in [0.3, 0.4) is 0 Å². The van der Waals surface area contributed by atoms with Crippen LogP contribution in [0.5, 0.6) is 0 Å². The second kappa shape index (κ2) is 5.54. The first kappa shape index (κ1) is 13.1. The summed E-state index contributed by atoms with van der Waals surface area (Å²) in [4.78, 5) is 3.66. The second-order valence-corrected chi connectivity index (χ2v) is 4.85. The second-order valence-electron chi connectivity index (χ2n) is 3.93. The highest BCUT2D eigenvalue weighted by molar-refractivity contribution is 9.10. The summed E-state index contributed by atoms with van der Waals surface area (Å²) in [5.74, 6) is -0.893. The summed E-state index contributed by atoms with van der Waals surface area (Å²) in [5, 5.41) is 9.94. The van der Waals surface area contributed by atoms with E-state index >= 15 is 0 Å². The number of aliphatic hydroxyl groups excluding tert-OH is 1. The summed E-state index contributed by atoms with van der Waals surface area (Å²) < 4.78 is 26.7. The van der Waals surface area contributed by atoms with Crippen LogP contribution >= 0.6 is 15.9 Å². The average molecular weight is 314 g/mol. The van der Waals surface area contributed by atoms with Crippen molar-refractivity contribution in [1.82, 2.24) is 4.98 Å². The third kappa shape index (κ3) is 3.34. The maximum absolute atomic E-state index is 13.2. The van der Waals surface area contributed by atoms with Gasteiger partial charge in [-0.1, -0.05) is 15.9 Å². The van der Waals surface area contributed by atoms with Crippen molar-refractivity contribution in [3.8, 4) is 0 Å². The van der Waals surface area contributed by atoms with E-state index in [9.17, 15) is 13.9 Å². The standard InChI is InChI=1S/C13H10BrF2NO/c14-10-1-8(2-11(15)5-10)3-13(18)9-4-12(16)7-17-6-9/h1-2,4-7,13,18H,3H2. The van der Waals surface area contributed by atoms with Crippen LogP contribution in [0.1, 0.15) is 17.2 Å². The Labute approximate surface area is 111 Å². The molecule has 1 aromatic carbocycles. The molecule has 0 radical (unpaired) electrons. The van der Waals surface area contributed by atoms with Crippen molar-refractivity contribution in [2.24, 2.45) is 0 Å². The van der Waals surface area contributed by atoms with E-state index in [-0.39, 0.29) is 12.2 Å². The van der Waals surface area contributed by atoms with Crippen LogP contribution < -0.4 is 0 Å². The summed E-state index contributed by atoms with van der Waals surface area (Å²) in [5.41, 5.74) is 0.994. The van der Waals surface area contributed by atoms with Crippen molar-refractivity contribution >= 4 is 15.9 Å². The molecular weight excluding hydrogens is 304 g/mol. The SMILES string of the molecule is OC(Cc1cc(F)cc(Br)c1)c1cncc(F)c1. The molecule has 0 fully saturated rings. The third-order valence-corrected chi connectivity index (χ3v) is 2.92. The molecule has 94 valence electrons. The van der Waals surface area contributed by atoms with E-state index < -0.39 is 11.9 Å². The summed E-state index contributed by atoms with van der Waals surface area (Å²) in [7, 11) is 0. The predicted octanol–water partition coefficient (Wildman–Crippen LogP) is 3.40. The van der Waals surface area contributed by atoms with Gasteiger partial charge >= 0.3 is 0 Å². The first-order chi connectivity index (χ1) is 8.54. The highest BCUT2D eigenvalue weighted by atomic mass is 79.9. The van der Waals surface area contributed by atoms with Gasteiger partial charge in [-0.25, -0.2) is 8.78 Å². The first-order valence-corrected chi connectivity index (χ1v) is 6.07. The Morgan fingerprint density at radius 1 is 1.11 bits per heavy atom. The molecule has 18 heavy (non-hydrogen) atoms. The molecule has 0 bridgehead atoms. The van der Waals surface area contributed by atoms with E-state index in [0.29, 0.717) is 15.6 Å². The number of hydrogen-bond donors (Lipinski definition) is 1. The maximum atomic E-state index is 13.2. The normalized spacial score (nSPS) is 12.4. The van der Waals surface area contributed by atoms with Crippen LogP contribution in [-0.4, -0.2) is 10.1 Å². The molecule has 0 aliphatic heterocycles. The minimum absolute atomic E-state index is 0.196. The van der Waals surface area contributed by atoms with Gasteiger partial charge in [0.2, 0.25) is 0 Å². The van der Waals surface area contributed by atoms with Gasteiger partial charge in [0.1, 0.15) is 11.6 Å². The fraction of sp³-hybridized carbons (Fsp3) is 0.154. The largest absolute Gasteiger partial charge is 0.388 e. The van der Waals surface area contributed by atoms with Gasteiger partial charge in [-0.2, -0.15) is 0 Å². The van der Waals surface area contributed by atoms with Gasteiger partial charge in [0.15, 0.2) is 0 Å². The molecule has 2 rings (SSSR count). The van der Waals surface area contributed by atoms with Crippen LogP contribution in [-0.2, 0) is 6.42 Å². The van der Waals surface area contributed by atoms with Crippen LogP contribution in [0, 0.1) is 11.6 Å². The van der Waals surface area contributed by atoms with Crippen molar-refractivity contribution in [3.63, 3.8) is 0 Å². The molecule has 1 atom stereocenters. The van der Waals surface area contributed by atoms with E-state index in [0.717, 1.165) is 6.20 Å². The lowest BCUT2D eigenvalue weighted by atomic mass is 10.0. The average Bonchev–Trinajstić information content (AvgIpc) is 2.27. The van der Waals surface area contributed by atoms with Crippen LogP contribution in [0.4, 0.5) is 8.78 Å². The monoisotopic (exact) mass is 313 g/mol. The Kier molecular flexibility index (Phi) is 4.04. The lowest BCUT2D eigenvalue weighted by Crippen LogP contribution is -2.03. The van der Waals surface area contributed by atoms with E-state index in [1.807, 2.05) is 0 Å². The maximum Gasteiger partial charge on any atom is 0.141 e. The first-order valence-electron chi connectivity index (χ1n) is 5.28. The summed E-state index contributed by atoms with van der Waals surface area (Å²) in [6.45, 7) is 0. The van der Waals surface area contributed by atoms with Gasteiger partial charge in [-0.15, -0.1) is 0 Å². The van der Waals surface area contributed by atoms with E-state index in [1.165, 1.54) is 24.4 Å². The molecule has 0 saturated carbocycles. The van der Waals surface area contributed by atoms with E-state index in [1.54, 1.807) is 6.07 Å². The van der Waals surface area contributed by atoms with Crippen molar-refractivity contribution in [2.45, 2.75) is 12.5 Å². The van der Waals surface area contributed by atoms with Gasteiger partial charge in [0, 0.05) is 22.7 Å². The number of nitrogens with zero attached hydrogens (tertiary/aromatic N) is 1. The molecule has 0 saturated heterocycles. The van der Waals surface area contributed by atoms with E-state index in [4.69, 9.17) is 0 Å². The Bertz CT molecular complexity index is 542. The zero-order chi connectivity index (χ0) is 13.1. The third-order valence-electron chi connectivity index (χ3n) is 2.46. The summed E-state index contributed by atoms with van der Waals surface area (Å²) >= 11 is 3.18.